The Bertz CT molecular complexity index is 279. The number of aromatic amines is 1. The third-order valence-electron chi connectivity index (χ3n) is 1.22. The van der Waals surface area contributed by atoms with Gasteiger partial charge in [0.1, 0.15) is 10.7 Å². The molecular formula is C6H10N3NaO2S. The van der Waals surface area contributed by atoms with Gasteiger partial charge in [0.05, 0.1) is 13.0 Å². The van der Waals surface area contributed by atoms with Crippen molar-refractivity contribution in [2.45, 2.75) is 18.4 Å². The van der Waals surface area contributed by atoms with Gasteiger partial charge in [0, 0.05) is 0 Å². The van der Waals surface area contributed by atoms with E-state index in [1.165, 1.54) is 0 Å². The van der Waals surface area contributed by atoms with Crippen LogP contribution in [0.1, 0.15) is 12.6 Å². The molecule has 0 spiro atoms. The molecule has 0 aliphatic heterocycles. The SMILES string of the molecule is CCOC(=O)Cc1nn[nH]c1S.[NaH]. The number of nitrogens with one attached hydrogen (secondary N) is 1. The summed E-state index contributed by atoms with van der Waals surface area (Å²) >= 11 is 4.00. The molecule has 13 heavy (non-hydrogen) atoms. The number of carbonyl (C=O) groups excluding carboxylic acids is 1. The van der Waals surface area contributed by atoms with Gasteiger partial charge in [-0.3, -0.25) is 9.89 Å². The van der Waals surface area contributed by atoms with Crippen molar-refractivity contribution in [3.05, 3.63) is 5.69 Å². The van der Waals surface area contributed by atoms with Crippen molar-refractivity contribution in [2.24, 2.45) is 0 Å². The van der Waals surface area contributed by atoms with E-state index in [1.807, 2.05) is 0 Å². The van der Waals surface area contributed by atoms with Gasteiger partial charge >= 0.3 is 35.5 Å². The average Bonchev–Trinajstić information content (AvgIpc) is 2.37. The molecule has 0 atom stereocenters. The van der Waals surface area contributed by atoms with Crippen molar-refractivity contribution >= 4 is 48.2 Å². The van der Waals surface area contributed by atoms with Crippen molar-refractivity contribution in [3.8, 4) is 0 Å². The molecule has 0 unspecified atom stereocenters. The van der Waals surface area contributed by atoms with Gasteiger partial charge in [0.2, 0.25) is 0 Å². The van der Waals surface area contributed by atoms with Crippen LogP contribution in [0.25, 0.3) is 0 Å². The molecule has 1 heterocycles. The van der Waals surface area contributed by atoms with E-state index in [1.54, 1.807) is 6.92 Å². The Hall–Kier alpha value is -0.0400. The molecule has 7 heteroatoms. The first kappa shape index (κ1) is 13.0. The molecular weight excluding hydrogens is 201 g/mol. The Kier molecular flexibility index (Phi) is 6.40. The molecule has 0 amide bonds. The van der Waals surface area contributed by atoms with Crippen LogP contribution in [0.15, 0.2) is 5.03 Å². The van der Waals surface area contributed by atoms with Crippen molar-refractivity contribution in [1.82, 2.24) is 15.4 Å². The second-order valence-corrected chi connectivity index (χ2v) is 2.54. The van der Waals surface area contributed by atoms with Gasteiger partial charge < -0.3 is 4.74 Å². The van der Waals surface area contributed by atoms with Gasteiger partial charge in [-0.25, -0.2) is 0 Å². The zero-order chi connectivity index (χ0) is 8.97. The summed E-state index contributed by atoms with van der Waals surface area (Å²) in [5.41, 5.74) is 0.511. The number of ether oxygens (including phenoxy) is 1. The maximum absolute atomic E-state index is 10.9. The molecule has 1 N–H and O–H groups in total. The van der Waals surface area contributed by atoms with Crippen LogP contribution in [0.4, 0.5) is 0 Å². The van der Waals surface area contributed by atoms with E-state index in [4.69, 9.17) is 4.74 Å². The predicted molar refractivity (Wildman–Crippen MR) is 51.1 cm³/mol. The van der Waals surface area contributed by atoms with Crippen LogP contribution in [0.5, 0.6) is 0 Å². The molecule has 1 rings (SSSR count). The summed E-state index contributed by atoms with van der Waals surface area (Å²) in [7, 11) is 0. The van der Waals surface area contributed by atoms with Gasteiger partial charge in [-0.05, 0) is 6.92 Å². The van der Waals surface area contributed by atoms with Crippen molar-refractivity contribution in [2.75, 3.05) is 6.61 Å². The molecule has 68 valence electrons. The Labute approximate surface area is 103 Å². The summed E-state index contributed by atoms with van der Waals surface area (Å²) < 4.78 is 4.72. The zero-order valence-corrected chi connectivity index (χ0v) is 7.47. The molecule has 0 radical (unpaired) electrons. The molecule has 0 saturated heterocycles. The summed E-state index contributed by atoms with van der Waals surface area (Å²) in [5.74, 6) is -0.318. The summed E-state index contributed by atoms with van der Waals surface area (Å²) in [6.07, 6.45) is 0.114. The summed E-state index contributed by atoms with van der Waals surface area (Å²) in [4.78, 5) is 10.9. The number of hydrogen-bond donors (Lipinski definition) is 2. The van der Waals surface area contributed by atoms with Gasteiger partial charge in [0.25, 0.3) is 0 Å². The van der Waals surface area contributed by atoms with E-state index >= 15 is 0 Å². The van der Waals surface area contributed by atoms with Gasteiger partial charge in [-0.15, -0.1) is 17.7 Å². The standard InChI is InChI=1S/C6H9N3O2S.Na.H/c1-2-11-5(10)3-4-6(12)8-9-7-4;;/h2-3H2,1H3,(H2,7,8,9,12);;. The molecule has 0 bridgehead atoms. The Balaban J connectivity index is 0.00000144. The quantitative estimate of drug-likeness (QED) is 0.404. The first-order valence-electron chi connectivity index (χ1n) is 3.48. The molecule has 0 aliphatic carbocycles. The number of esters is 1. The Morgan fingerprint density at radius 1 is 1.69 bits per heavy atom. The number of hydrogen-bond acceptors (Lipinski definition) is 5. The molecule has 0 saturated carbocycles. The molecule has 5 nitrogen and oxygen atoms in total. The fourth-order valence-corrected chi connectivity index (χ4v) is 0.881. The van der Waals surface area contributed by atoms with Crippen LogP contribution in [0.2, 0.25) is 0 Å². The van der Waals surface area contributed by atoms with Crippen LogP contribution in [-0.4, -0.2) is 57.5 Å². The van der Waals surface area contributed by atoms with Crippen LogP contribution in [0, 0.1) is 0 Å². The summed E-state index contributed by atoms with van der Waals surface area (Å²) in [5, 5.41) is 10.1. The van der Waals surface area contributed by atoms with E-state index in [9.17, 15) is 4.79 Å². The number of aromatic nitrogens is 3. The number of carbonyl (C=O) groups is 1. The van der Waals surface area contributed by atoms with Crippen LogP contribution in [-0.2, 0) is 16.0 Å². The third-order valence-corrected chi connectivity index (χ3v) is 1.58. The maximum atomic E-state index is 10.9. The number of nitrogens with zero attached hydrogens (tertiary/aromatic N) is 2. The molecule has 1 aromatic heterocycles. The minimum atomic E-state index is -0.318. The number of rotatable bonds is 3. The van der Waals surface area contributed by atoms with E-state index in [-0.39, 0.29) is 41.9 Å². The van der Waals surface area contributed by atoms with Crippen molar-refractivity contribution < 1.29 is 9.53 Å². The summed E-state index contributed by atoms with van der Waals surface area (Å²) in [6, 6.07) is 0. The molecule has 0 aliphatic rings. The topological polar surface area (TPSA) is 67.9 Å². The number of thiol groups is 1. The second-order valence-electron chi connectivity index (χ2n) is 2.09. The van der Waals surface area contributed by atoms with E-state index in [0.717, 1.165) is 0 Å². The summed E-state index contributed by atoms with van der Waals surface area (Å²) in [6.45, 7) is 2.13. The van der Waals surface area contributed by atoms with Crippen LogP contribution < -0.4 is 0 Å². The first-order chi connectivity index (χ1) is 5.74. The van der Waals surface area contributed by atoms with Crippen molar-refractivity contribution in [3.63, 3.8) is 0 Å². The zero-order valence-electron chi connectivity index (χ0n) is 6.57. The fourth-order valence-electron chi connectivity index (χ4n) is 0.712. The Morgan fingerprint density at radius 2 is 2.38 bits per heavy atom. The van der Waals surface area contributed by atoms with Crippen molar-refractivity contribution in [1.29, 1.82) is 0 Å². The fraction of sp³-hybridized carbons (Fsp3) is 0.500. The van der Waals surface area contributed by atoms with E-state index in [0.29, 0.717) is 17.3 Å². The second kappa shape index (κ2) is 6.42. The van der Waals surface area contributed by atoms with Crippen LogP contribution in [0.3, 0.4) is 0 Å². The third kappa shape index (κ3) is 4.12. The van der Waals surface area contributed by atoms with Gasteiger partial charge in [-0.1, -0.05) is 5.21 Å². The molecule has 0 aromatic carbocycles. The van der Waals surface area contributed by atoms with Gasteiger partial charge in [-0.2, -0.15) is 0 Å². The monoisotopic (exact) mass is 211 g/mol. The molecule has 0 fully saturated rings. The van der Waals surface area contributed by atoms with Gasteiger partial charge in [0.15, 0.2) is 0 Å². The normalized spacial score (nSPS) is 9.08. The number of H-pyrrole nitrogens is 1. The predicted octanol–water partition coefficient (Wildman–Crippen LogP) is -0.450. The molecule has 1 aromatic rings. The average molecular weight is 211 g/mol. The van der Waals surface area contributed by atoms with E-state index < -0.39 is 0 Å². The Morgan fingerprint density at radius 3 is 2.85 bits per heavy atom. The minimum absolute atomic E-state index is 0. The first-order valence-corrected chi connectivity index (χ1v) is 3.93. The van der Waals surface area contributed by atoms with Crippen LogP contribution >= 0.6 is 12.6 Å². The van der Waals surface area contributed by atoms with E-state index in [2.05, 4.69) is 28.0 Å².